The molecule has 0 saturated carbocycles. The van der Waals surface area contributed by atoms with Crippen LogP contribution in [0.5, 0.6) is 0 Å². The molecule has 2 aromatic heterocycles. The van der Waals surface area contributed by atoms with Crippen molar-refractivity contribution in [1.82, 2.24) is 14.5 Å². The summed E-state index contributed by atoms with van der Waals surface area (Å²) in [5.74, 6) is 0.977. The molecule has 0 amide bonds. The second kappa shape index (κ2) is 6.63. The number of hydrogen-bond acceptors (Lipinski definition) is 4. The first-order chi connectivity index (χ1) is 9.27. The molecular formula is C14H22N4O. The Hall–Kier alpha value is -1.46. The van der Waals surface area contributed by atoms with E-state index in [1.165, 1.54) is 5.52 Å². The first-order valence-corrected chi connectivity index (χ1v) is 6.85. The number of pyridine rings is 1. The normalized spacial score (nSPS) is 11.3. The number of hydrogen-bond donors (Lipinski definition) is 1. The van der Waals surface area contributed by atoms with Crippen LogP contribution in [-0.2, 0) is 17.9 Å². The molecule has 0 atom stereocenters. The molecule has 0 bridgehead atoms. The van der Waals surface area contributed by atoms with Crippen LogP contribution in [0.3, 0.4) is 0 Å². The van der Waals surface area contributed by atoms with Crippen molar-refractivity contribution in [3.05, 3.63) is 23.8 Å². The van der Waals surface area contributed by atoms with E-state index in [-0.39, 0.29) is 0 Å². The van der Waals surface area contributed by atoms with Crippen LogP contribution in [0.1, 0.15) is 31.2 Å². The highest BCUT2D eigenvalue weighted by atomic mass is 16.5. The third-order valence-corrected chi connectivity index (χ3v) is 3.18. The lowest BCUT2D eigenvalue weighted by Gasteiger charge is -2.10. The van der Waals surface area contributed by atoms with Crippen molar-refractivity contribution >= 4 is 11.0 Å². The van der Waals surface area contributed by atoms with Gasteiger partial charge in [0.2, 0.25) is 0 Å². The molecular weight excluding hydrogens is 240 g/mol. The Balaban J connectivity index is 2.35. The summed E-state index contributed by atoms with van der Waals surface area (Å²) in [5.41, 5.74) is 8.84. The number of fused-ring (bicyclic) bond motifs is 1. The maximum atomic E-state index is 5.57. The van der Waals surface area contributed by atoms with Crippen molar-refractivity contribution in [2.24, 2.45) is 5.73 Å². The fourth-order valence-corrected chi connectivity index (χ4v) is 2.26. The van der Waals surface area contributed by atoms with Crippen LogP contribution >= 0.6 is 0 Å². The quantitative estimate of drug-likeness (QED) is 0.775. The van der Waals surface area contributed by atoms with Crippen LogP contribution in [0.2, 0.25) is 0 Å². The van der Waals surface area contributed by atoms with E-state index in [0.29, 0.717) is 13.2 Å². The molecule has 0 aliphatic heterocycles. The van der Waals surface area contributed by atoms with Crippen LogP contribution in [0.4, 0.5) is 0 Å². The number of aromatic nitrogens is 3. The summed E-state index contributed by atoms with van der Waals surface area (Å²) in [6.45, 7) is 6.97. The van der Waals surface area contributed by atoms with Gasteiger partial charge in [-0.25, -0.2) is 4.98 Å². The highest BCUT2D eigenvalue weighted by Gasteiger charge is 2.12. The molecule has 5 heteroatoms. The van der Waals surface area contributed by atoms with Crippen molar-refractivity contribution in [3.63, 3.8) is 0 Å². The van der Waals surface area contributed by atoms with Crippen LogP contribution in [0.25, 0.3) is 11.0 Å². The lowest BCUT2D eigenvalue weighted by atomic mass is 10.2. The lowest BCUT2D eigenvalue weighted by Crippen LogP contribution is -2.08. The summed E-state index contributed by atoms with van der Waals surface area (Å²) in [6, 6.07) is 0. The Morgan fingerprint density at radius 2 is 2.16 bits per heavy atom. The van der Waals surface area contributed by atoms with E-state index in [4.69, 9.17) is 10.5 Å². The molecule has 0 unspecified atom stereocenters. The van der Waals surface area contributed by atoms with Crippen LogP contribution in [0, 0.1) is 6.92 Å². The Morgan fingerprint density at radius 1 is 1.32 bits per heavy atom. The molecule has 2 rings (SSSR count). The van der Waals surface area contributed by atoms with Gasteiger partial charge < -0.3 is 15.0 Å². The fraction of sp³-hybridized carbons (Fsp3) is 0.571. The highest BCUT2D eigenvalue weighted by Crippen LogP contribution is 2.20. The molecule has 2 aromatic rings. The number of nitrogens with two attached hydrogens (primary N) is 1. The van der Waals surface area contributed by atoms with Gasteiger partial charge in [0.15, 0.2) is 0 Å². The van der Waals surface area contributed by atoms with Crippen LogP contribution in [0.15, 0.2) is 12.4 Å². The van der Waals surface area contributed by atoms with Crippen molar-refractivity contribution in [3.8, 4) is 0 Å². The monoisotopic (exact) mass is 262 g/mol. The van der Waals surface area contributed by atoms with E-state index >= 15 is 0 Å². The molecule has 104 valence electrons. The molecule has 5 nitrogen and oxygen atoms in total. The fourth-order valence-electron chi connectivity index (χ4n) is 2.26. The van der Waals surface area contributed by atoms with Gasteiger partial charge in [-0.05, 0) is 38.8 Å². The second-order valence-electron chi connectivity index (χ2n) is 4.64. The van der Waals surface area contributed by atoms with Gasteiger partial charge in [-0.2, -0.15) is 0 Å². The van der Waals surface area contributed by atoms with Gasteiger partial charge >= 0.3 is 0 Å². The predicted octanol–water partition coefficient (Wildman–Crippen LogP) is 2.02. The minimum absolute atomic E-state index is 0.549. The molecule has 0 aliphatic rings. The van der Waals surface area contributed by atoms with Crippen molar-refractivity contribution in [2.45, 2.75) is 39.8 Å². The van der Waals surface area contributed by atoms with Crippen LogP contribution < -0.4 is 5.73 Å². The van der Waals surface area contributed by atoms with Gasteiger partial charge in [-0.15, -0.1) is 0 Å². The van der Waals surface area contributed by atoms with Gasteiger partial charge in [0.25, 0.3) is 0 Å². The lowest BCUT2D eigenvalue weighted by molar-refractivity contribution is 0.126. The molecule has 2 heterocycles. The van der Waals surface area contributed by atoms with Crippen molar-refractivity contribution in [1.29, 1.82) is 0 Å². The summed E-state index contributed by atoms with van der Waals surface area (Å²) in [7, 11) is 0. The van der Waals surface area contributed by atoms with E-state index < -0.39 is 0 Å². The number of rotatable bonds is 7. The Kier molecular flexibility index (Phi) is 4.87. The van der Waals surface area contributed by atoms with E-state index in [0.717, 1.165) is 42.8 Å². The third-order valence-electron chi connectivity index (χ3n) is 3.18. The minimum Gasteiger partial charge on any atom is -0.374 e. The summed E-state index contributed by atoms with van der Waals surface area (Å²) in [4.78, 5) is 8.84. The highest BCUT2D eigenvalue weighted by molar-refractivity contribution is 5.78. The summed E-state index contributed by atoms with van der Waals surface area (Å²) in [6.07, 6.45) is 5.78. The van der Waals surface area contributed by atoms with E-state index in [1.807, 2.05) is 19.3 Å². The summed E-state index contributed by atoms with van der Waals surface area (Å²) in [5, 5.41) is 0. The molecule has 0 fully saturated rings. The average molecular weight is 262 g/mol. The standard InChI is InChI=1S/C14H22N4O/c1-3-19-10-13-17-12-9-16-8-11(2)14(12)18(13)7-5-4-6-15/h8-9H,3-7,10,15H2,1-2H3. The zero-order valence-corrected chi connectivity index (χ0v) is 11.7. The predicted molar refractivity (Wildman–Crippen MR) is 75.9 cm³/mol. The van der Waals surface area contributed by atoms with E-state index in [1.54, 1.807) is 0 Å². The number of imidazole rings is 1. The Morgan fingerprint density at radius 3 is 2.89 bits per heavy atom. The zero-order chi connectivity index (χ0) is 13.7. The topological polar surface area (TPSA) is 66.0 Å². The average Bonchev–Trinajstić information content (AvgIpc) is 2.76. The third kappa shape index (κ3) is 3.11. The molecule has 0 spiro atoms. The molecule has 0 aromatic carbocycles. The first kappa shape index (κ1) is 14.0. The van der Waals surface area contributed by atoms with Gasteiger partial charge in [-0.1, -0.05) is 0 Å². The zero-order valence-electron chi connectivity index (χ0n) is 11.7. The maximum absolute atomic E-state index is 5.57. The number of nitrogens with zero attached hydrogens (tertiary/aromatic N) is 3. The first-order valence-electron chi connectivity index (χ1n) is 6.85. The summed E-state index contributed by atoms with van der Waals surface area (Å²) < 4.78 is 7.76. The van der Waals surface area contributed by atoms with Crippen molar-refractivity contribution < 1.29 is 4.74 Å². The molecule has 2 N–H and O–H groups in total. The SMILES string of the molecule is CCOCc1nc2cncc(C)c2n1CCCCN. The molecule has 0 aliphatic carbocycles. The smallest absolute Gasteiger partial charge is 0.136 e. The minimum atomic E-state index is 0.549. The largest absolute Gasteiger partial charge is 0.374 e. The number of unbranched alkanes of at least 4 members (excludes halogenated alkanes) is 1. The van der Waals surface area contributed by atoms with Gasteiger partial charge in [0.05, 0.1) is 11.7 Å². The van der Waals surface area contributed by atoms with Gasteiger partial charge in [0.1, 0.15) is 17.9 Å². The molecule has 19 heavy (non-hydrogen) atoms. The Labute approximate surface area is 113 Å². The summed E-state index contributed by atoms with van der Waals surface area (Å²) >= 11 is 0. The van der Waals surface area contributed by atoms with E-state index in [9.17, 15) is 0 Å². The van der Waals surface area contributed by atoms with Gasteiger partial charge in [-0.3, -0.25) is 4.98 Å². The number of ether oxygens (including phenoxy) is 1. The second-order valence-corrected chi connectivity index (χ2v) is 4.64. The molecule has 0 saturated heterocycles. The van der Waals surface area contributed by atoms with E-state index in [2.05, 4.69) is 21.5 Å². The van der Waals surface area contributed by atoms with Crippen molar-refractivity contribution in [2.75, 3.05) is 13.2 Å². The maximum Gasteiger partial charge on any atom is 0.136 e. The Bertz CT molecular complexity index is 535. The van der Waals surface area contributed by atoms with Gasteiger partial charge in [0, 0.05) is 19.3 Å². The molecule has 0 radical (unpaired) electrons. The number of aryl methyl sites for hydroxylation is 2. The van der Waals surface area contributed by atoms with Crippen LogP contribution in [-0.4, -0.2) is 27.7 Å².